The van der Waals surface area contributed by atoms with Gasteiger partial charge in [-0.15, -0.1) is 0 Å². The maximum Gasteiger partial charge on any atom is 0.0638 e. The number of aliphatic hydroxyl groups is 1. The van der Waals surface area contributed by atoms with E-state index in [1.807, 2.05) is 24.9 Å². The maximum atomic E-state index is 9.69. The van der Waals surface area contributed by atoms with E-state index in [2.05, 4.69) is 10.4 Å². The topological polar surface area (TPSA) is 50.1 Å². The summed E-state index contributed by atoms with van der Waals surface area (Å²) >= 11 is 0. The van der Waals surface area contributed by atoms with E-state index >= 15 is 0 Å². The molecule has 0 saturated heterocycles. The summed E-state index contributed by atoms with van der Waals surface area (Å²) in [6, 6.07) is 0. The largest absolute Gasteiger partial charge is 0.393 e. The molecule has 1 aromatic rings. The molecular weight excluding hydrogens is 202 g/mol. The Bertz CT molecular complexity index is 348. The van der Waals surface area contributed by atoms with Gasteiger partial charge in [0.1, 0.15) is 0 Å². The van der Waals surface area contributed by atoms with Crippen LogP contribution < -0.4 is 5.32 Å². The molecular formula is C12H21N3O. The second-order valence-corrected chi connectivity index (χ2v) is 4.80. The van der Waals surface area contributed by atoms with E-state index in [0.717, 1.165) is 31.6 Å². The summed E-state index contributed by atoms with van der Waals surface area (Å²) in [4.78, 5) is 0. The average Bonchev–Trinajstić information content (AvgIpc) is 2.75. The first kappa shape index (κ1) is 11.6. The van der Waals surface area contributed by atoms with Crippen molar-refractivity contribution in [3.8, 4) is 0 Å². The van der Waals surface area contributed by atoms with Gasteiger partial charge in [-0.3, -0.25) is 4.68 Å². The Morgan fingerprint density at radius 2 is 2.38 bits per heavy atom. The van der Waals surface area contributed by atoms with Crippen molar-refractivity contribution in [2.75, 3.05) is 6.54 Å². The van der Waals surface area contributed by atoms with Crippen molar-refractivity contribution in [3.63, 3.8) is 0 Å². The molecule has 1 aliphatic rings. The number of rotatable bonds is 4. The van der Waals surface area contributed by atoms with Crippen LogP contribution in [0.4, 0.5) is 0 Å². The van der Waals surface area contributed by atoms with Gasteiger partial charge in [0.05, 0.1) is 11.8 Å². The highest BCUT2D eigenvalue weighted by Crippen LogP contribution is 2.24. The second kappa shape index (κ2) is 4.97. The highest BCUT2D eigenvalue weighted by molar-refractivity contribution is 5.14. The van der Waals surface area contributed by atoms with Crippen LogP contribution in [0.2, 0.25) is 0 Å². The lowest BCUT2D eigenvalue weighted by molar-refractivity contribution is 0.131. The molecule has 0 bridgehead atoms. The van der Waals surface area contributed by atoms with Crippen LogP contribution in [0.25, 0.3) is 0 Å². The Balaban J connectivity index is 1.77. The maximum absolute atomic E-state index is 9.69. The van der Waals surface area contributed by atoms with Gasteiger partial charge in [0.25, 0.3) is 0 Å². The van der Waals surface area contributed by atoms with Gasteiger partial charge in [-0.05, 0) is 25.7 Å². The minimum Gasteiger partial charge on any atom is -0.393 e. The highest BCUT2D eigenvalue weighted by atomic mass is 16.3. The lowest BCUT2D eigenvalue weighted by Crippen LogP contribution is -2.27. The Morgan fingerprint density at radius 3 is 2.94 bits per heavy atom. The molecule has 2 rings (SSSR count). The SMILES string of the molecule is Cc1nn(C)cc1CNCC1CCCC1O. The van der Waals surface area contributed by atoms with Crippen molar-refractivity contribution < 1.29 is 5.11 Å². The molecule has 0 amide bonds. The first-order valence-electron chi connectivity index (χ1n) is 6.04. The van der Waals surface area contributed by atoms with E-state index in [1.165, 1.54) is 12.0 Å². The van der Waals surface area contributed by atoms with Gasteiger partial charge in [-0.1, -0.05) is 6.42 Å². The molecule has 4 nitrogen and oxygen atoms in total. The van der Waals surface area contributed by atoms with Gasteiger partial charge in [-0.25, -0.2) is 0 Å². The molecule has 90 valence electrons. The second-order valence-electron chi connectivity index (χ2n) is 4.80. The van der Waals surface area contributed by atoms with Crippen LogP contribution in [0.3, 0.4) is 0 Å². The third-order valence-electron chi connectivity index (χ3n) is 3.46. The van der Waals surface area contributed by atoms with Crippen molar-refractivity contribution in [1.29, 1.82) is 0 Å². The standard InChI is InChI=1S/C12H21N3O/c1-9-11(8-15(2)14-9)7-13-6-10-4-3-5-12(10)16/h8,10,12-13,16H,3-7H2,1-2H3. The first-order chi connectivity index (χ1) is 7.66. The molecule has 16 heavy (non-hydrogen) atoms. The van der Waals surface area contributed by atoms with Gasteiger partial charge < -0.3 is 10.4 Å². The van der Waals surface area contributed by atoms with Gasteiger partial charge in [-0.2, -0.15) is 5.10 Å². The van der Waals surface area contributed by atoms with Crippen molar-refractivity contribution >= 4 is 0 Å². The van der Waals surface area contributed by atoms with E-state index in [4.69, 9.17) is 0 Å². The fourth-order valence-corrected chi connectivity index (χ4v) is 2.47. The van der Waals surface area contributed by atoms with E-state index in [-0.39, 0.29) is 6.10 Å². The van der Waals surface area contributed by atoms with E-state index in [1.54, 1.807) is 0 Å². The highest BCUT2D eigenvalue weighted by Gasteiger charge is 2.24. The number of nitrogens with one attached hydrogen (secondary N) is 1. The van der Waals surface area contributed by atoms with Crippen LogP contribution in [-0.4, -0.2) is 27.5 Å². The van der Waals surface area contributed by atoms with Crippen molar-refractivity contribution in [3.05, 3.63) is 17.5 Å². The van der Waals surface area contributed by atoms with E-state index in [9.17, 15) is 5.11 Å². The van der Waals surface area contributed by atoms with Crippen LogP contribution in [0.1, 0.15) is 30.5 Å². The summed E-state index contributed by atoms with van der Waals surface area (Å²) in [5.41, 5.74) is 2.33. The molecule has 0 spiro atoms. The number of aromatic nitrogens is 2. The monoisotopic (exact) mass is 223 g/mol. The van der Waals surface area contributed by atoms with E-state index in [0.29, 0.717) is 5.92 Å². The van der Waals surface area contributed by atoms with Crippen molar-refractivity contribution in [2.45, 2.75) is 38.8 Å². The molecule has 2 unspecified atom stereocenters. The minimum atomic E-state index is -0.0949. The zero-order valence-corrected chi connectivity index (χ0v) is 10.1. The van der Waals surface area contributed by atoms with Crippen molar-refractivity contribution in [1.82, 2.24) is 15.1 Å². The van der Waals surface area contributed by atoms with Gasteiger partial charge in [0, 0.05) is 31.9 Å². The zero-order chi connectivity index (χ0) is 11.5. The van der Waals surface area contributed by atoms with Crippen LogP contribution in [0.5, 0.6) is 0 Å². The number of nitrogens with zero attached hydrogens (tertiary/aromatic N) is 2. The molecule has 0 aromatic carbocycles. The fourth-order valence-electron chi connectivity index (χ4n) is 2.47. The summed E-state index contributed by atoms with van der Waals surface area (Å²) < 4.78 is 1.84. The Kier molecular flexibility index (Phi) is 3.61. The Morgan fingerprint density at radius 1 is 1.56 bits per heavy atom. The number of aryl methyl sites for hydroxylation is 2. The lowest BCUT2D eigenvalue weighted by atomic mass is 10.1. The third kappa shape index (κ3) is 2.62. The van der Waals surface area contributed by atoms with Gasteiger partial charge in [0.2, 0.25) is 0 Å². The molecule has 4 heteroatoms. The smallest absolute Gasteiger partial charge is 0.0638 e. The molecule has 1 heterocycles. The summed E-state index contributed by atoms with van der Waals surface area (Å²) in [6.45, 7) is 3.79. The number of aliphatic hydroxyl groups excluding tert-OH is 1. The van der Waals surface area contributed by atoms with Crippen LogP contribution in [0.15, 0.2) is 6.20 Å². The molecule has 1 aliphatic carbocycles. The predicted octanol–water partition coefficient (Wildman–Crippen LogP) is 0.979. The lowest BCUT2D eigenvalue weighted by Gasteiger charge is -2.14. The summed E-state index contributed by atoms with van der Waals surface area (Å²) in [5, 5.41) is 17.4. The van der Waals surface area contributed by atoms with Gasteiger partial charge in [0.15, 0.2) is 0 Å². The molecule has 0 aliphatic heterocycles. The fraction of sp³-hybridized carbons (Fsp3) is 0.750. The Hall–Kier alpha value is -0.870. The quantitative estimate of drug-likeness (QED) is 0.800. The zero-order valence-electron chi connectivity index (χ0n) is 10.1. The van der Waals surface area contributed by atoms with E-state index < -0.39 is 0 Å². The predicted molar refractivity (Wildman–Crippen MR) is 63.0 cm³/mol. The normalized spacial score (nSPS) is 25.2. The summed E-state index contributed by atoms with van der Waals surface area (Å²) in [5.74, 6) is 0.442. The minimum absolute atomic E-state index is 0.0949. The molecule has 2 N–H and O–H groups in total. The van der Waals surface area contributed by atoms with Crippen LogP contribution in [0, 0.1) is 12.8 Å². The summed E-state index contributed by atoms with van der Waals surface area (Å²) in [6.07, 6.45) is 5.24. The molecule has 1 fully saturated rings. The number of hydrogen-bond donors (Lipinski definition) is 2. The summed E-state index contributed by atoms with van der Waals surface area (Å²) in [7, 11) is 1.94. The molecule has 0 radical (unpaired) electrons. The number of hydrogen-bond acceptors (Lipinski definition) is 3. The molecule has 2 atom stereocenters. The Labute approximate surface area is 96.7 Å². The van der Waals surface area contributed by atoms with Crippen LogP contribution >= 0.6 is 0 Å². The average molecular weight is 223 g/mol. The van der Waals surface area contributed by atoms with Gasteiger partial charge >= 0.3 is 0 Å². The van der Waals surface area contributed by atoms with Crippen molar-refractivity contribution in [2.24, 2.45) is 13.0 Å². The third-order valence-corrected chi connectivity index (χ3v) is 3.46. The molecule has 1 saturated carbocycles. The van der Waals surface area contributed by atoms with Crippen LogP contribution in [-0.2, 0) is 13.6 Å². The first-order valence-corrected chi connectivity index (χ1v) is 6.04. The molecule has 1 aromatic heterocycles.